The minimum Gasteiger partial charge on any atom is -0.135 e. The lowest BCUT2D eigenvalue weighted by molar-refractivity contribution is 0.386. The van der Waals surface area contributed by atoms with Crippen LogP contribution in [0.2, 0.25) is 0 Å². The predicted molar refractivity (Wildman–Crippen MR) is 97.3 cm³/mol. The maximum absolute atomic E-state index is 4.67. The van der Waals surface area contributed by atoms with E-state index in [2.05, 4.69) is 15.4 Å². The van der Waals surface area contributed by atoms with Gasteiger partial charge < -0.3 is 0 Å². The van der Waals surface area contributed by atoms with Crippen LogP contribution in [0.15, 0.2) is 0 Å². The maximum atomic E-state index is 4.67. The molecular weight excluding hydrogens is 294 g/mol. The first kappa shape index (κ1) is 16.5. The molecule has 4 rings (SSSR count). The SMILES string of the molecule is C1CCC(c2nnnc(C3CCCCC3)c2C2CCCCC2)CC1. The van der Waals surface area contributed by atoms with Crippen molar-refractivity contribution in [1.29, 1.82) is 0 Å². The molecule has 3 nitrogen and oxygen atoms in total. The molecule has 1 heterocycles. The van der Waals surface area contributed by atoms with Gasteiger partial charge in [-0.25, -0.2) is 0 Å². The zero-order valence-electron chi connectivity index (χ0n) is 15.2. The molecule has 3 saturated carbocycles. The van der Waals surface area contributed by atoms with Gasteiger partial charge in [0.15, 0.2) is 0 Å². The molecule has 0 saturated heterocycles. The van der Waals surface area contributed by atoms with Gasteiger partial charge >= 0.3 is 0 Å². The molecule has 132 valence electrons. The van der Waals surface area contributed by atoms with E-state index in [1.165, 1.54) is 108 Å². The standard InChI is InChI=1S/C21H33N3/c1-4-10-16(11-5-1)19-20(17-12-6-2-7-13-17)22-24-23-21(19)18-14-8-3-9-15-18/h16-18H,1-15H2. The Balaban J connectivity index is 1.71. The van der Waals surface area contributed by atoms with Gasteiger partial charge in [0.1, 0.15) is 0 Å². The average molecular weight is 328 g/mol. The lowest BCUT2D eigenvalue weighted by Gasteiger charge is -2.32. The second-order valence-corrected chi connectivity index (χ2v) is 8.48. The van der Waals surface area contributed by atoms with E-state index in [4.69, 9.17) is 0 Å². The van der Waals surface area contributed by atoms with Crippen LogP contribution in [-0.2, 0) is 0 Å². The minimum absolute atomic E-state index is 0.661. The van der Waals surface area contributed by atoms with Crippen LogP contribution in [0.25, 0.3) is 0 Å². The van der Waals surface area contributed by atoms with E-state index in [1.54, 1.807) is 5.56 Å². The third kappa shape index (κ3) is 3.50. The van der Waals surface area contributed by atoms with Crippen molar-refractivity contribution in [3.63, 3.8) is 0 Å². The molecule has 3 aliphatic carbocycles. The van der Waals surface area contributed by atoms with E-state index in [0.717, 1.165) is 5.92 Å². The first-order valence-corrected chi connectivity index (χ1v) is 10.7. The van der Waals surface area contributed by atoms with E-state index >= 15 is 0 Å². The number of rotatable bonds is 3. The summed E-state index contributed by atoms with van der Waals surface area (Å²) in [5.41, 5.74) is 4.33. The Kier molecular flexibility index (Phi) is 5.44. The number of hydrogen-bond acceptors (Lipinski definition) is 3. The number of hydrogen-bond donors (Lipinski definition) is 0. The third-order valence-corrected chi connectivity index (χ3v) is 6.85. The lowest BCUT2D eigenvalue weighted by atomic mass is 9.74. The fraction of sp³-hybridized carbons (Fsp3) is 0.857. The summed E-state index contributed by atoms with van der Waals surface area (Å²) in [6, 6.07) is 0. The van der Waals surface area contributed by atoms with Gasteiger partial charge in [-0.2, -0.15) is 0 Å². The van der Waals surface area contributed by atoms with Crippen molar-refractivity contribution in [2.45, 2.75) is 114 Å². The average Bonchev–Trinajstić information content (AvgIpc) is 2.69. The van der Waals surface area contributed by atoms with Gasteiger partial charge in [0.2, 0.25) is 0 Å². The molecule has 0 bridgehead atoms. The highest BCUT2D eigenvalue weighted by atomic mass is 15.3. The van der Waals surface area contributed by atoms with Crippen LogP contribution in [0.3, 0.4) is 0 Å². The highest BCUT2D eigenvalue weighted by Gasteiger charge is 2.31. The molecule has 0 radical (unpaired) electrons. The van der Waals surface area contributed by atoms with Crippen LogP contribution in [0.1, 0.15) is 131 Å². The van der Waals surface area contributed by atoms with Crippen molar-refractivity contribution in [2.75, 3.05) is 0 Å². The topological polar surface area (TPSA) is 38.7 Å². The molecule has 0 N–H and O–H groups in total. The predicted octanol–water partition coefficient (Wildman–Crippen LogP) is 6.01. The van der Waals surface area contributed by atoms with Crippen molar-refractivity contribution in [3.05, 3.63) is 17.0 Å². The first-order chi connectivity index (χ1) is 11.9. The summed E-state index contributed by atoms with van der Waals surface area (Å²) < 4.78 is 0. The Bertz CT molecular complexity index is 488. The quantitative estimate of drug-likeness (QED) is 0.682. The Morgan fingerprint density at radius 3 is 1.25 bits per heavy atom. The molecular formula is C21H33N3. The van der Waals surface area contributed by atoms with Crippen molar-refractivity contribution in [3.8, 4) is 0 Å². The van der Waals surface area contributed by atoms with Crippen LogP contribution < -0.4 is 0 Å². The van der Waals surface area contributed by atoms with Gasteiger partial charge in [-0.1, -0.05) is 57.8 Å². The Labute approximate surface area is 147 Å². The third-order valence-electron chi connectivity index (χ3n) is 6.85. The van der Waals surface area contributed by atoms with E-state index in [1.807, 2.05) is 0 Å². The Morgan fingerprint density at radius 2 is 0.833 bits per heavy atom. The number of nitrogens with zero attached hydrogens (tertiary/aromatic N) is 3. The molecule has 1 aromatic rings. The van der Waals surface area contributed by atoms with Gasteiger partial charge in [-0.05, 0) is 49.7 Å². The summed E-state index contributed by atoms with van der Waals surface area (Å²) >= 11 is 0. The zero-order valence-corrected chi connectivity index (χ0v) is 15.2. The monoisotopic (exact) mass is 327 g/mol. The molecule has 3 fully saturated rings. The molecule has 0 unspecified atom stereocenters. The van der Waals surface area contributed by atoms with E-state index in [0.29, 0.717) is 11.8 Å². The van der Waals surface area contributed by atoms with Crippen LogP contribution in [0, 0.1) is 0 Å². The second kappa shape index (κ2) is 7.93. The van der Waals surface area contributed by atoms with Crippen LogP contribution in [0.5, 0.6) is 0 Å². The molecule has 1 aromatic heterocycles. The highest BCUT2D eigenvalue weighted by Crippen LogP contribution is 2.44. The van der Waals surface area contributed by atoms with Crippen LogP contribution in [-0.4, -0.2) is 15.4 Å². The fourth-order valence-electron chi connectivity index (χ4n) is 5.52. The molecule has 3 heteroatoms. The van der Waals surface area contributed by atoms with Crippen LogP contribution >= 0.6 is 0 Å². The lowest BCUT2D eigenvalue weighted by Crippen LogP contribution is -2.21. The molecule has 0 spiro atoms. The maximum Gasteiger partial charge on any atom is 0.0733 e. The smallest absolute Gasteiger partial charge is 0.0733 e. The van der Waals surface area contributed by atoms with E-state index in [-0.39, 0.29) is 0 Å². The van der Waals surface area contributed by atoms with Gasteiger partial charge in [-0.3, -0.25) is 0 Å². The molecule has 3 aliphatic rings. The molecule has 0 aliphatic heterocycles. The highest BCUT2D eigenvalue weighted by molar-refractivity contribution is 5.33. The second-order valence-electron chi connectivity index (χ2n) is 8.48. The zero-order chi connectivity index (χ0) is 16.2. The summed E-state index contributed by atoms with van der Waals surface area (Å²) in [4.78, 5) is 0. The van der Waals surface area contributed by atoms with Crippen molar-refractivity contribution in [1.82, 2.24) is 15.4 Å². The summed E-state index contributed by atoms with van der Waals surface area (Å²) in [5.74, 6) is 2.04. The van der Waals surface area contributed by atoms with Crippen LogP contribution in [0.4, 0.5) is 0 Å². The summed E-state index contributed by atoms with van der Waals surface area (Å²) in [7, 11) is 0. The molecule has 24 heavy (non-hydrogen) atoms. The number of aromatic nitrogens is 3. The van der Waals surface area contributed by atoms with Crippen molar-refractivity contribution < 1.29 is 0 Å². The Hall–Kier alpha value is -0.990. The Morgan fingerprint density at radius 1 is 0.458 bits per heavy atom. The normalized spacial score (nSPS) is 25.0. The van der Waals surface area contributed by atoms with Gasteiger partial charge in [-0.15, -0.1) is 10.2 Å². The largest absolute Gasteiger partial charge is 0.135 e. The van der Waals surface area contributed by atoms with Gasteiger partial charge in [0, 0.05) is 17.4 Å². The summed E-state index contributed by atoms with van der Waals surface area (Å²) in [6.45, 7) is 0. The molecule has 0 amide bonds. The molecule has 0 atom stereocenters. The molecule has 0 aromatic carbocycles. The first-order valence-electron chi connectivity index (χ1n) is 10.7. The van der Waals surface area contributed by atoms with Gasteiger partial charge in [0.05, 0.1) is 11.4 Å². The minimum atomic E-state index is 0.661. The van der Waals surface area contributed by atoms with Crippen molar-refractivity contribution >= 4 is 0 Å². The van der Waals surface area contributed by atoms with Gasteiger partial charge in [0.25, 0.3) is 0 Å². The summed E-state index contributed by atoms with van der Waals surface area (Å²) in [5, 5.41) is 13.6. The fourth-order valence-corrected chi connectivity index (χ4v) is 5.52. The summed E-state index contributed by atoms with van der Waals surface area (Å²) in [6.07, 6.45) is 20.5. The van der Waals surface area contributed by atoms with E-state index < -0.39 is 0 Å². The van der Waals surface area contributed by atoms with Crippen molar-refractivity contribution in [2.24, 2.45) is 0 Å². The van der Waals surface area contributed by atoms with E-state index in [9.17, 15) is 0 Å².